The lowest BCUT2D eigenvalue weighted by Crippen LogP contribution is -2.42. The van der Waals surface area contributed by atoms with Crippen molar-refractivity contribution >= 4 is 22.1 Å². The summed E-state index contributed by atoms with van der Waals surface area (Å²) in [6, 6.07) is 28.7. The molecule has 0 aromatic heterocycles. The van der Waals surface area contributed by atoms with Gasteiger partial charge in [0.1, 0.15) is 35.8 Å². The Morgan fingerprint density at radius 3 is 1.85 bits per heavy atom. The average Bonchev–Trinajstić information content (AvgIpc) is 2.96. The van der Waals surface area contributed by atoms with E-state index in [2.05, 4.69) is 0 Å². The summed E-state index contributed by atoms with van der Waals surface area (Å²) in [6.45, 7) is 1.77. The molecule has 0 aliphatic heterocycles. The first kappa shape index (κ1) is 28.5. The van der Waals surface area contributed by atoms with E-state index in [9.17, 15) is 18.0 Å². The second kappa shape index (κ2) is 13.1. The van der Waals surface area contributed by atoms with Crippen LogP contribution < -0.4 is 9.92 Å². The van der Waals surface area contributed by atoms with Crippen molar-refractivity contribution in [2.45, 2.75) is 37.0 Å². The molecule has 0 radical (unpaired) electrons. The first-order valence-corrected chi connectivity index (χ1v) is 13.9. The van der Waals surface area contributed by atoms with Gasteiger partial charge in [-0.2, -0.15) is 8.42 Å². The Morgan fingerprint density at radius 2 is 1.27 bits per heavy atom. The molecule has 0 spiro atoms. The van der Waals surface area contributed by atoms with Gasteiger partial charge in [-0.1, -0.05) is 90.5 Å². The average molecular weight is 560 g/mol. The van der Waals surface area contributed by atoms with Crippen LogP contribution >= 0.6 is 0 Å². The van der Waals surface area contributed by atoms with E-state index in [1.54, 1.807) is 42.5 Å². The highest BCUT2D eigenvalue weighted by molar-refractivity contribution is 7.87. The zero-order valence-electron chi connectivity index (χ0n) is 21.8. The number of carbonyl (C=O) groups is 2. The molecule has 9 heteroatoms. The molecule has 40 heavy (non-hydrogen) atoms. The Kier molecular flexibility index (Phi) is 9.31. The van der Waals surface area contributed by atoms with Crippen molar-refractivity contribution in [3.8, 4) is 5.75 Å². The van der Waals surface area contributed by atoms with Crippen LogP contribution in [-0.4, -0.2) is 26.4 Å². The first-order chi connectivity index (χ1) is 19.2. The van der Waals surface area contributed by atoms with Gasteiger partial charge < -0.3 is 19.4 Å². The van der Waals surface area contributed by atoms with Gasteiger partial charge in [0.2, 0.25) is 0 Å². The summed E-state index contributed by atoms with van der Waals surface area (Å²) in [4.78, 5) is 26.2. The number of hydrogen-bond donors (Lipinski definition) is 1. The second-order valence-corrected chi connectivity index (χ2v) is 10.7. The number of hydrogen-bond acceptors (Lipinski definition) is 8. The van der Waals surface area contributed by atoms with Crippen molar-refractivity contribution in [1.82, 2.24) is 0 Å². The van der Waals surface area contributed by atoms with E-state index in [1.165, 1.54) is 30.3 Å². The van der Waals surface area contributed by atoms with Crippen LogP contribution in [0, 0.1) is 6.92 Å². The molecule has 0 aliphatic rings. The number of nitrogens with two attached hydrogens (primary N) is 1. The van der Waals surface area contributed by atoms with Gasteiger partial charge in [-0.15, -0.1) is 0 Å². The molecule has 0 bridgehead atoms. The highest BCUT2D eigenvalue weighted by Crippen LogP contribution is 2.28. The Labute approximate surface area is 233 Å². The van der Waals surface area contributed by atoms with Crippen LogP contribution in [0.4, 0.5) is 0 Å². The van der Waals surface area contributed by atoms with Crippen molar-refractivity contribution in [3.63, 3.8) is 0 Å². The smallest absolute Gasteiger partial charge is 0.339 e. The maximum Gasteiger partial charge on any atom is 0.339 e. The molecule has 4 rings (SSSR count). The van der Waals surface area contributed by atoms with Gasteiger partial charge >= 0.3 is 22.1 Å². The van der Waals surface area contributed by atoms with E-state index in [4.69, 9.17) is 19.4 Å². The minimum Gasteiger partial charge on any atom is -0.460 e. The molecule has 0 fully saturated rings. The number of benzene rings is 4. The molecular formula is C31H29NO7S. The zero-order valence-corrected chi connectivity index (χ0v) is 22.6. The molecule has 0 saturated heterocycles. The second-order valence-electron chi connectivity index (χ2n) is 9.11. The van der Waals surface area contributed by atoms with E-state index in [1.807, 2.05) is 43.3 Å². The summed E-state index contributed by atoms with van der Waals surface area (Å²) in [5.41, 5.74) is 8.90. The molecule has 206 valence electrons. The van der Waals surface area contributed by atoms with Crippen LogP contribution in [0.5, 0.6) is 5.75 Å². The summed E-state index contributed by atoms with van der Waals surface area (Å²) in [7, 11) is -4.15. The van der Waals surface area contributed by atoms with Crippen LogP contribution in [0.3, 0.4) is 0 Å². The maximum atomic E-state index is 13.3. The molecule has 4 aromatic carbocycles. The van der Waals surface area contributed by atoms with E-state index >= 15 is 0 Å². The fourth-order valence-corrected chi connectivity index (χ4v) is 4.83. The van der Waals surface area contributed by atoms with Crippen molar-refractivity contribution in [2.75, 3.05) is 0 Å². The quantitative estimate of drug-likeness (QED) is 0.208. The largest absolute Gasteiger partial charge is 0.460 e. The fraction of sp³-hybridized carbons (Fsp3) is 0.161. The molecule has 0 aliphatic carbocycles. The molecule has 2 unspecified atom stereocenters. The Balaban J connectivity index is 1.57. The summed E-state index contributed by atoms with van der Waals surface area (Å²) in [6.07, 6.45) is 0. The van der Waals surface area contributed by atoms with Gasteiger partial charge in [-0.05, 0) is 47.9 Å². The van der Waals surface area contributed by atoms with Gasteiger partial charge in [-0.3, -0.25) is 9.59 Å². The molecule has 2 N–H and O–H groups in total. The van der Waals surface area contributed by atoms with Gasteiger partial charge in [0.15, 0.2) is 0 Å². The van der Waals surface area contributed by atoms with Crippen molar-refractivity contribution in [3.05, 3.63) is 131 Å². The Hall–Kier alpha value is -4.47. The van der Waals surface area contributed by atoms with Crippen molar-refractivity contribution in [2.24, 2.45) is 5.73 Å². The van der Waals surface area contributed by atoms with Gasteiger partial charge in [0.25, 0.3) is 0 Å². The number of aryl methyl sites for hydroxylation is 1. The van der Waals surface area contributed by atoms with Crippen LogP contribution in [-0.2, 0) is 42.4 Å². The highest BCUT2D eigenvalue weighted by Gasteiger charge is 2.35. The molecule has 0 heterocycles. The van der Waals surface area contributed by atoms with Gasteiger partial charge in [0, 0.05) is 0 Å². The summed E-state index contributed by atoms with van der Waals surface area (Å²) >= 11 is 0. The standard InChI is InChI=1S/C31H29NO7S/c1-22-15-17-27(18-16-22)40(35,36)39-26-14-8-13-25(19-26)28(30(33)37-20-23-9-4-2-5-10-23)29(32)31(34)38-21-24-11-6-3-7-12-24/h2-19,28-29H,20-21,32H2,1H3. The predicted octanol–water partition coefficient (Wildman–Crippen LogP) is 4.66. The van der Waals surface area contributed by atoms with E-state index in [0.717, 1.165) is 16.7 Å². The van der Waals surface area contributed by atoms with Crippen LogP contribution in [0.15, 0.2) is 114 Å². The minimum atomic E-state index is -4.15. The van der Waals surface area contributed by atoms with E-state index < -0.39 is 34.0 Å². The highest BCUT2D eigenvalue weighted by atomic mass is 32.2. The van der Waals surface area contributed by atoms with Gasteiger partial charge in [0.05, 0.1) is 0 Å². The lowest BCUT2D eigenvalue weighted by molar-refractivity contribution is -0.155. The number of esters is 2. The third-order valence-electron chi connectivity index (χ3n) is 6.07. The summed E-state index contributed by atoms with van der Waals surface area (Å²) < 4.78 is 41.9. The molecule has 8 nitrogen and oxygen atoms in total. The summed E-state index contributed by atoms with van der Waals surface area (Å²) in [5, 5.41) is 0. The monoisotopic (exact) mass is 559 g/mol. The molecule has 0 amide bonds. The van der Waals surface area contributed by atoms with Crippen molar-refractivity contribution in [1.29, 1.82) is 0 Å². The fourth-order valence-electron chi connectivity index (χ4n) is 3.91. The normalized spacial score (nSPS) is 12.7. The molecule has 4 aromatic rings. The molecule has 0 saturated carbocycles. The lowest BCUT2D eigenvalue weighted by atomic mass is 9.91. The number of ether oxygens (including phenoxy) is 2. The zero-order chi connectivity index (χ0) is 28.5. The maximum absolute atomic E-state index is 13.3. The molecule has 2 atom stereocenters. The predicted molar refractivity (Wildman–Crippen MR) is 149 cm³/mol. The Morgan fingerprint density at radius 1 is 0.725 bits per heavy atom. The van der Waals surface area contributed by atoms with Crippen LogP contribution in [0.2, 0.25) is 0 Å². The van der Waals surface area contributed by atoms with Crippen LogP contribution in [0.25, 0.3) is 0 Å². The van der Waals surface area contributed by atoms with E-state index in [0.29, 0.717) is 0 Å². The SMILES string of the molecule is Cc1ccc(S(=O)(=O)Oc2cccc(C(C(=O)OCc3ccccc3)C(N)C(=O)OCc3ccccc3)c2)cc1. The van der Waals surface area contributed by atoms with Crippen molar-refractivity contribution < 1.29 is 31.7 Å². The molecular weight excluding hydrogens is 530 g/mol. The minimum absolute atomic E-state index is 0.0245. The van der Waals surface area contributed by atoms with E-state index in [-0.39, 0.29) is 29.4 Å². The number of carbonyl (C=O) groups excluding carboxylic acids is 2. The topological polar surface area (TPSA) is 122 Å². The summed E-state index contributed by atoms with van der Waals surface area (Å²) in [5.74, 6) is -2.93. The third-order valence-corrected chi connectivity index (χ3v) is 7.33. The number of rotatable bonds is 11. The van der Waals surface area contributed by atoms with Crippen LogP contribution in [0.1, 0.15) is 28.2 Å². The third kappa shape index (κ3) is 7.56. The first-order valence-electron chi connectivity index (χ1n) is 12.5. The van der Waals surface area contributed by atoms with Gasteiger partial charge in [-0.25, -0.2) is 0 Å². The Bertz CT molecular complexity index is 1540. The lowest BCUT2D eigenvalue weighted by Gasteiger charge is -2.22.